The number of para-hydroxylation sites is 1. The largest absolute Gasteiger partial charge is 0.490 e. The molecule has 18 heavy (non-hydrogen) atoms. The van der Waals surface area contributed by atoms with Gasteiger partial charge in [-0.3, -0.25) is 0 Å². The van der Waals surface area contributed by atoms with Gasteiger partial charge in [-0.2, -0.15) is 13.2 Å². The minimum Gasteiger partial charge on any atom is -0.490 e. The molecule has 1 aromatic rings. The van der Waals surface area contributed by atoms with Crippen LogP contribution in [-0.4, -0.2) is 19.4 Å². The van der Waals surface area contributed by atoms with E-state index in [9.17, 15) is 13.2 Å². The molecule has 0 atom stereocenters. The number of hydrogen-bond acceptors (Lipinski definition) is 2. The number of halogens is 4. The predicted octanol–water partition coefficient (Wildman–Crippen LogP) is 4.31. The molecule has 0 N–H and O–H groups in total. The van der Waals surface area contributed by atoms with E-state index in [1.165, 1.54) is 0 Å². The van der Waals surface area contributed by atoms with Gasteiger partial charge in [0.2, 0.25) is 0 Å². The molecule has 0 bridgehead atoms. The zero-order valence-electron chi connectivity index (χ0n) is 9.89. The van der Waals surface area contributed by atoms with Crippen molar-refractivity contribution in [2.24, 2.45) is 0 Å². The van der Waals surface area contributed by atoms with Crippen LogP contribution in [0.2, 0.25) is 0 Å². The summed E-state index contributed by atoms with van der Waals surface area (Å²) in [6, 6.07) is 5.23. The first-order valence-corrected chi connectivity index (χ1v) is 6.60. The lowest BCUT2D eigenvalue weighted by Gasteiger charge is -2.15. The van der Waals surface area contributed by atoms with Gasteiger partial charge in [-0.25, -0.2) is 0 Å². The zero-order valence-corrected chi connectivity index (χ0v) is 11.5. The fourth-order valence-corrected chi connectivity index (χ4v) is 1.81. The molecule has 1 rings (SSSR count). The predicted molar refractivity (Wildman–Crippen MR) is 66.4 cm³/mol. The van der Waals surface area contributed by atoms with Crippen molar-refractivity contribution >= 4 is 15.9 Å². The summed E-state index contributed by atoms with van der Waals surface area (Å²) < 4.78 is 46.8. The Kier molecular flexibility index (Phi) is 5.78. The Balaban J connectivity index is 2.77. The molecule has 6 heteroatoms. The van der Waals surface area contributed by atoms with Crippen LogP contribution in [-0.2, 0) is 5.33 Å². The molecule has 0 saturated heterocycles. The van der Waals surface area contributed by atoms with Gasteiger partial charge in [0.25, 0.3) is 0 Å². The third kappa shape index (κ3) is 4.76. The van der Waals surface area contributed by atoms with Gasteiger partial charge in [-0.05, 0) is 13.0 Å². The summed E-state index contributed by atoms with van der Waals surface area (Å²) in [7, 11) is 0. The molecule has 0 aliphatic carbocycles. The Morgan fingerprint density at radius 1 is 1.22 bits per heavy atom. The van der Waals surface area contributed by atoms with Gasteiger partial charge in [0.15, 0.2) is 11.5 Å². The number of alkyl halides is 4. The summed E-state index contributed by atoms with van der Waals surface area (Å²) in [6.07, 6.45) is -5.19. The minimum atomic E-state index is -4.21. The lowest BCUT2D eigenvalue weighted by Crippen LogP contribution is -2.14. The Morgan fingerprint density at radius 2 is 1.94 bits per heavy atom. The van der Waals surface area contributed by atoms with E-state index >= 15 is 0 Å². The molecular weight excluding hydrogens is 313 g/mol. The molecule has 0 spiro atoms. The average molecular weight is 327 g/mol. The Morgan fingerprint density at radius 3 is 2.50 bits per heavy atom. The van der Waals surface area contributed by atoms with E-state index in [0.29, 0.717) is 23.4 Å². The minimum absolute atomic E-state index is 0.375. The lowest BCUT2D eigenvalue weighted by molar-refractivity contribution is -0.139. The van der Waals surface area contributed by atoms with Crippen LogP contribution in [0.1, 0.15) is 18.9 Å². The second-order valence-electron chi connectivity index (χ2n) is 3.52. The molecule has 2 nitrogen and oxygen atoms in total. The standard InChI is InChI=1S/C12H14BrF3O2/c1-2-17-10-5-3-4-9(8-13)11(10)18-7-6-12(14,15)16/h3-5H,2,6-8H2,1H3. The Bertz CT molecular complexity index is 380. The fraction of sp³-hybridized carbons (Fsp3) is 0.500. The summed E-state index contributed by atoms with van der Waals surface area (Å²) >= 11 is 3.27. The van der Waals surface area contributed by atoms with Crippen LogP contribution in [0.4, 0.5) is 13.2 Å². The number of hydrogen-bond donors (Lipinski definition) is 0. The highest BCUT2D eigenvalue weighted by Gasteiger charge is 2.27. The SMILES string of the molecule is CCOc1cccc(CBr)c1OCCC(F)(F)F. The highest BCUT2D eigenvalue weighted by molar-refractivity contribution is 9.08. The normalized spacial score (nSPS) is 11.4. The average Bonchev–Trinajstić information content (AvgIpc) is 2.29. The molecule has 102 valence electrons. The summed E-state index contributed by atoms with van der Waals surface area (Å²) in [6.45, 7) is 1.83. The Labute approximate surface area is 112 Å². The van der Waals surface area contributed by atoms with Crippen LogP contribution < -0.4 is 9.47 Å². The van der Waals surface area contributed by atoms with Gasteiger partial charge in [-0.15, -0.1) is 0 Å². The summed E-state index contributed by atoms with van der Waals surface area (Å²) in [5.41, 5.74) is 0.767. The van der Waals surface area contributed by atoms with Gasteiger partial charge < -0.3 is 9.47 Å². The number of benzene rings is 1. The molecule has 0 amide bonds. The molecule has 0 saturated carbocycles. The second kappa shape index (κ2) is 6.87. The van der Waals surface area contributed by atoms with Crippen molar-refractivity contribution in [3.63, 3.8) is 0 Å². The molecular formula is C12H14BrF3O2. The van der Waals surface area contributed by atoms with Crippen molar-refractivity contribution in [2.45, 2.75) is 24.9 Å². The smallest absolute Gasteiger partial charge is 0.392 e. The van der Waals surface area contributed by atoms with Crippen LogP contribution in [0.25, 0.3) is 0 Å². The summed E-state index contributed by atoms with van der Waals surface area (Å²) in [4.78, 5) is 0. The quantitative estimate of drug-likeness (QED) is 0.725. The monoisotopic (exact) mass is 326 g/mol. The molecule has 0 radical (unpaired) electrons. The van der Waals surface area contributed by atoms with Gasteiger partial charge >= 0.3 is 6.18 Å². The molecule has 0 heterocycles. The van der Waals surface area contributed by atoms with Crippen molar-refractivity contribution in [3.05, 3.63) is 23.8 Å². The molecule has 0 unspecified atom stereocenters. The van der Waals surface area contributed by atoms with E-state index in [1.807, 2.05) is 0 Å². The van der Waals surface area contributed by atoms with Crippen LogP contribution in [0, 0.1) is 0 Å². The molecule has 0 aromatic heterocycles. The molecule has 0 aliphatic heterocycles. The van der Waals surface area contributed by atoms with E-state index < -0.39 is 19.2 Å². The third-order valence-corrected chi connectivity index (χ3v) is 2.74. The van der Waals surface area contributed by atoms with Crippen LogP contribution >= 0.6 is 15.9 Å². The van der Waals surface area contributed by atoms with E-state index in [4.69, 9.17) is 9.47 Å². The number of ether oxygens (including phenoxy) is 2. The van der Waals surface area contributed by atoms with Crippen molar-refractivity contribution in [1.82, 2.24) is 0 Å². The van der Waals surface area contributed by atoms with Crippen LogP contribution in [0.15, 0.2) is 18.2 Å². The lowest BCUT2D eigenvalue weighted by atomic mass is 10.2. The van der Waals surface area contributed by atoms with Crippen molar-refractivity contribution in [2.75, 3.05) is 13.2 Å². The maximum atomic E-state index is 12.1. The van der Waals surface area contributed by atoms with Gasteiger partial charge in [-0.1, -0.05) is 28.1 Å². The summed E-state index contributed by atoms with van der Waals surface area (Å²) in [5.74, 6) is 0.845. The first-order valence-electron chi connectivity index (χ1n) is 5.48. The molecule has 1 aromatic carbocycles. The zero-order chi connectivity index (χ0) is 13.6. The fourth-order valence-electron chi connectivity index (χ4n) is 1.37. The van der Waals surface area contributed by atoms with E-state index in [1.54, 1.807) is 25.1 Å². The molecule has 0 aliphatic rings. The first-order chi connectivity index (χ1) is 8.48. The van der Waals surface area contributed by atoms with Gasteiger partial charge in [0, 0.05) is 10.9 Å². The number of rotatable bonds is 6. The highest BCUT2D eigenvalue weighted by atomic mass is 79.9. The first kappa shape index (κ1) is 15.1. The van der Waals surface area contributed by atoms with Crippen molar-refractivity contribution < 1.29 is 22.6 Å². The molecule has 0 fully saturated rings. The third-order valence-electron chi connectivity index (χ3n) is 2.14. The van der Waals surface area contributed by atoms with E-state index in [2.05, 4.69) is 15.9 Å². The maximum absolute atomic E-state index is 12.1. The topological polar surface area (TPSA) is 18.5 Å². The van der Waals surface area contributed by atoms with Crippen LogP contribution in [0.3, 0.4) is 0 Å². The van der Waals surface area contributed by atoms with Crippen LogP contribution in [0.5, 0.6) is 11.5 Å². The van der Waals surface area contributed by atoms with Crippen molar-refractivity contribution in [3.8, 4) is 11.5 Å². The van der Waals surface area contributed by atoms with Crippen molar-refractivity contribution in [1.29, 1.82) is 0 Å². The Hall–Kier alpha value is -0.910. The van der Waals surface area contributed by atoms with Gasteiger partial charge in [0.05, 0.1) is 19.6 Å². The van der Waals surface area contributed by atoms with E-state index in [-0.39, 0.29) is 0 Å². The van der Waals surface area contributed by atoms with Gasteiger partial charge in [0.1, 0.15) is 0 Å². The second-order valence-corrected chi connectivity index (χ2v) is 4.09. The maximum Gasteiger partial charge on any atom is 0.392 e. The highest BCUT2D eigenvalue weighted by Crippen LogP contribution is 2.33. The van der Waals surface area contributed by atoms with E-state index in [0.717, 1.165) is 5.56 Å². The summed E-state index contributed by atoms with van der Waals surface area (Å²) in [5, 5.41) is 0.495.